The number of hydrogen-bond acceptors (Lipinski definition) is 2. The van der Waals surface area contributed by atoms with Gasteiger partial charge in [0.2, 0.25) is 0 Å². The monoisotopic (exact) mass is 291 g/mol. The number of benzene rings is 1. The van der Waals surface area contributed by atoms with E-state index in [4.69, 9.17) is 23.2 Å². The number of imidazole rings is 1. The number of aromatic nitrogens is 3. The van der Waals surface area contributed by atoms with Gasteiger partial charge in [-0.15, -0.1) is 11.6 Å². The molecule has 1 aromatic carbocycles. The van der Waals surface area contributed by atoms with Crippen LogP contribution in [0.3, 0.4) is 0 Å². The lowest BCUT2D eigenvalue weighted by Crippen LogP contribution is -2.05. The van der Waals surface area contributed by atoms with Gasteiger partial charge in [-0.25, -0.2) is 9.97 Å². The maximum absolute atomic E-state index is 6.20. The summed E-state index contributed by atoms with van der Waals surface area (Å²) in [6, 6.07) is 11.6. The molecule has 96 valence electrons. The average molecular weight is 292 g/mol. The minimum Gasteiger partial charge on any atom is -0.307 e. The van der Waals surface area contributed by atoms with Crippen LogP contribution in [0.4, 0.5) is 0 Å². The van der Waals surface area contributed by atoms with Gasteiger partial charge in [0, 0.05) is 11.2 Å². The molecule has 19 heavy (non-hydrogen) atoms. The SMILES string of the molecule is ClCc1nc2cccnc2n1Cc1ccccc1Cl. The Kier molecular flexibility index (Phi) is 3.40. The van der Waals surface area contributed by atoms with Crippen LogP contribution in [-0.4, -0.2) is 14.5 Å². The summed E-state index contributed by atoms with van der Waals surface area (Å²) in [6.07, 6.45) is 1.76. The molecule has 0 bridgehead atoms. The molecule has 0 unspecified atom stereocenters. The van der Waals surface area contributed by atoms with Crippen LogP contribution in [0.2, 0.25) is 5.02 Å². The van der Waals surface area contributed by atoms with Crippen molar-refractivity contribution in [1.29, 1.82) is 0 Å². The summed E-state index contributed by atoms with van der Waals surface area (Å²) in [5.41, 5.74) is 2.71. The van der Waals surface area contributed by atoms with E-state index in [1.54, 1.807) is 6.20 Å². The van der Waals surface area contributed by atoms with Crippen LogP contribution in [0, 0.1) is 0 Å². The smallest absolute Gasteiger partial charge is 0.160 e. The zero-order chi connectivity index (χ0) is 13.2. The van der Waals surface area contributed by atoms with Gasteiger partial charge in [0.05, 0.1) is 12.4 Å². The summed E-state index contributed by atoms with van der Waals surface area (Å²) < 4.78 is 2.00. The molecular weight excluding hydrogens is 281 g/mol. The molecular formula is C14H11Cl2N3. The van der Waals surface area contributed by atoms with Crippen LogP contribution in [0.1, 0.15) is 11.4 Å². The van der Waals surface area contributed by atoms with E-state index in [2.05, 4.69) is 9.97 Å². The molecule has 5 heteroatoms. The number of hydrogen-bond donors (Lipinski definition) is 0. The van der Waals surface area contributed by atoms with Crippen LogP contribution in [0.5, 0.6) is 0 Å². The Morgan fingerprint density at radius 3 is 2.74 bits per heavy atom. The largest absolute Gasteiger partial charge is 0.307 e. The fourth-order valence-electron chi connectivity index (χ4n) is 2.07. The van der Waals surface area contributed by atoms with E-state index >= 15 is 0 Å². The van der Waals surface area contributed by atoms with E-state index in [-0.39, 0.29) is 0 Å². The molecule has 0 radical (unpaired) electrons. The van der Waals surface area contributed by atoms with Gasteiger partial charge in [-0.2, -0.15) is 0 Å². The van der Waals surface area contributed by atoms with E-state index in [0.717, 1.165) is 27.6 Å². The van der Waals surface area contributed by atoms with Gasteiger partial charge >= 0.3 is 0 Å². The van der Waals surface area contributed by atoms with Crippen molar-refractivity contribution in [2.45, 2.75) is 12.4 Å². The van der Waals surface area contributed by atoms with Crippen LogP contribution in [0.15, 0.2) is 42.6 Å². The lowest BCUT2D eigenvalue weighted by molar-refractivity contribution is 0.770. The average Bonchev–Trinajstić information content (AvgIpc) is 2.79. The van der Waals surface area contributed by atoms with Crippen molar-refractivity contribution < 1.29 is 0 Å². The molecule has 0 N–H and O–H groups in total. The summed E-state index contributed by atoms with van der Waals surface area (Å²) in [6.45, 7) is 0.620. The Labute approximate surface area is 120 Å². The van der Waals surface area contributed by atoms with Gasteiger partial charge < -0.3 is 4.57 Å². The molecule has 0 aliphatic heterocycles. The summed E-state index contributed by atoms with van der Waals surface area (Å²) in [5.74, 6) is 1.15. The first-order valence-electron chi connectivity index (χ1n) is 5.89. The van der Waals surface area contributed by atoms with Gasteiger partial charge in [-0.05, 0) is 23.8 Å². The molecule has 0 aliphatic rings. The minimum absolute atomic E-state index is 0.348. The van der Waals surface area contributed by atoms with Gasteiger partial charge in [0.15, 0.2) is 5.65 Å². The standard InChI is InChI=1S/C14H11Cl2N3/c15-8-13-18-12-6-3-7-17-14(12)19(13)9-10-4-1-2-5-11(10)16/h1-7H,8-9H2. The molecule has 0 spiro atoms. The van der Waals surface area contributed by atoms with Crippen LogP contribution in [0.25, 0.3) is 11.2 Å². The van der Waals surface area contributed by atoms with Crippen molar-refractivity contribution in [1.82, 2.24) is 14.5 Å². The number of fused-ring (bicyclic) bond motifs is 1. The predicted octanol–water partition coefficient (Wildman–Crippen LogP) is 3.87. The third-order valence-corrected chi connectivity index (χ3v) is 3.60. The van der Waals surface area contributed by atoms with E-state index in [9.17, 15) is 0 Å². The first-order valence-corrected chi connectivity index (χ1v) is 6.80. The molecule has 0 saturated carbocycles. The summed E-state index contributed by atoms with van der Waals surface area (Å²) >= 11 is 12.2. The number of rotatable bonds is 3. The quantitative estimate of drug-likeness (QED) is 0.686. The Hall–Kier alpha value is -1.58. The molecule has 3 aromatic rings. The molecule has 0 fully saturated rings. The van der Waals surface area contributed by atoms with E-state index in [1.807, 2.05) is 41.0 Å². The van der Waals surface area contributed by atoms with Gasteiger partial charge in [-0.1, -0.05) is 29.8 Å². The van der Waals surface area contributed by atoms with Gasteiger partial charge in [0.1, 0.15) is 11.3 Å². The molecule has 0 saturated heterocycles. The highest BCUT2D eigenvalue weighted by atomic mass is 35.5. The van der Waals surface area contributed by atoms with Gasteiger partial charge in [0.25, 0.3) is 0 Å². The lowest BCUT2D eigenvalue weighted by Gasteiger charge is -2.08. The fourth-order valence-corrected chi connectivity index (χ4v) is 2.47. The maximum atomic E-state index is 6.20. The van der Waals surface area contributed by atoms with Crippen molar-refractivity contribution >= 4 is 34.4 Å². The molecule has 0 atom stereocenters. The molecule has 2 heterocycles. The Balaban J connectivity index is 2.12. The molecule has 3 nitrogen and oxygen atoms in total. The van der Waals surface area contributed by atoms with Crippen molar-refractivity contribution in [3.63, 3.8) is 0 Å². The maximum Gasteiger partial charge on any atom is 0.160 e. The van der Waals surface area contributed by atoms with E-state index < -0.39 is 0 Å². The zero-order valence-corrected chi connectivity index (χ0v) is 11.6. The summed E-state index contributed by atoms with van der Waals surface area (Å²) in [5, 5.41) is 0.737. The molecule has 0 amide bonds. The van der Waals surface area contributed by atoms with Crippen molar-refractivity contribution in [3.05, 3.63) is 59.0 Å². The van der Waals surface area contributed by atoms with Gasteiger partial charge in [-0.3, -0.25) is 0 Å². The lowest BCUT2D eigenvalue weighted by atomic mass is 10.2. The van der Waals surface area contributed by atoms with E-state index in [0.29, 0.717) is 12.4 Å². The number of pyridine rings is 1. The fraction of sp³-hybridized carbons (Fsp3) is 0.143. The van der Waals surface area contributed by atoms with Crippen molar-refractivity contribution in [2.24, 2.45) is 0 Å². The second kappa shape index (κ2) is 5.19. The third kappa shape index (κ3) is 2.31. The first kappa shape index (κ1) is 12.5. The second-order valence-corrected chi connectivity index (χ2v) is 4.86. The molecule has 3 rings (SSSR count). The Morgan fingerprint density at radius 1 is 1.11 bits per heavy atom. The Morgan fingerprint density at radius 2 is 1.95 bits per heavy atom. The van der Waals surface area contributed by atoms with E-state index in [1.165, 1.54) is 0 Å². The summed E-state index contributed by atoms with van der Waals surface area (Å²) in [7, 11) is 0. The second-order valence-electron chi connectivity index (χ2n) is 4.19. The van der Waals surface area contributed by atoms with Crippen molar-refractivity contribution in [3.8, 4) is 0 Å². The van der Waals surface area contributed by atoms with Crippen molar-refractivity contribution in [2.75, 3.05) is 0 Å². The highest BCUT2D eigenvalue weighted by Gasteiger charge is 2.12. The normalized spacial score (nSPS) is 11.1. The van der Waals surface area contributed by atoms with Crippen LogP contribution in [-0.2, 0) is 12.4 Å². The number of halogens is 2. The third-order valence-electron chi connectivity index (χ3n) is 2.99. The van der Waals surface area contributed by atoms with Crippen LogP contribution < -0.4 is 0 Å². The molecule has 2 aromatic heterocycles. The topological polar surface area (TPSA) is 30.7 Å². The van der Waals surface area contributed by atoms with Crippen LogP contribution >= 0.6 is 23.2 Å². The predicted molar refractivity (Wildman–Crippen MR) is 77.6 cm³/mol. The molecule has 0 aliphatic carbocycles. The summed E-state index contributed by atoms with van der Waals surface area (Å²) in [4.78, 5) is 8.86. The Bertz CT molecular complexity index is 722. The minimum atomic E-state index is 0.348. The number of nitrogens with zero attached hydrogens (tertiary/aromatic N) is 3. The highest BCUT2D eigenvalue weighted by Crippen LogP contribution is 2.21. The number of alkyl halides is 1. The first-order chi connectivity index (χ1) is 9.29. The highest BCUT2D eigenvalue weighted by molar-refractivity contribution is 6.31. The zero-order valence-electron chi connectivity index (χ0n) is 10.1.